The van der Waals surface area contributed by atoms with Crippen LogP contribution >= 0.6 is 11.6 Å². The third-order valence-electron chi connectivity index (χ3n) is 2.04. The zero-order chi connectivity index (χ0) is 10.2. The molecule has 0 nitrogen and oxygen atoms in total. The largest absolute Gasteiger partial charge is 0.207 e. The van der Waals surface area contributed by atoms with Gasteiger partial charge in [0.25, 0.3) is 0 Å². The van der Waals surface area contributed by atoms with Crippen molar-refractivity contribution in [2.75, 3.05) is 0 Å². The maximum Gasteiger partial charge on any atom is 0.145 e. The zero-order valence-electron chi connectivity index (χ0n) is 7.79. The number of hydrogen-bond acceptors (Lipinski definition) is 0. The van der Waals surface area contributed by atoms with Crippen LogP contribution in [0.25, 0.3) is 0 Å². The molecule has 1 rings (SSSR count). The Morgan fingerprint density at radius 1 is 1.31 bits per heavy atom. The van der Waals surface area contributed by atoms with Crippen LogP contribution in [0.4, 0.5) is 8.78 Å². The second kappa shape index (κ2) is 3.62. The second-order valence-corrected chi connectivity index (χ2v) is 3.75. The van der Waals surface area contributed by atoms with Crippen molar-refractivity contribution >= 4 is 11.6 Å². The first-order valence-corrected chi connectivity index (χ1v) is 4.47. The zero-order valence-corrected chi connectivity index (χ0v) is 8.54. The van der Waals surface area contributed by atoms with Crippen LogP contribution in [0, 0.1) is 18.6 Å². The van der Waals surface area contributed by atoms with Crippen molar-refractivity contribution in [2.24, 2.45) is 0 Å². The summed E-state index contributed by atoms with van der Waals surface area (Å²) < 4.78 is 26.5. The summed E-state index contributed by atoms with van der Waals surface area (Å²) in [5.74, 6) is -1.01. The first-order chi connectivity index (χ1) is 5.95. The van der Waals surface area contributed by atoms with E-state index < -0.39 is 11.6 Å². The highest BCUT2D eigenvalue weighted by atomic mass is 35.5. The summed E-state index contributed by atoms with van der Waals surface area (Å²) >= 11 is 5.52. The van der Waals surface area contributed by atoms with Crippen LogP contribution in [0.15, 0.2) is 6.07 Å². The van der Waals surface area contributed by atoms with Crippen molar-refractivity contribution in [3.05, 3.63) is 33.9 Å². The van der Waals surface area contributed by atoms with Crippen LogP contribution in [0.1, 0.15) is 30.9 Å². The maximum atomic E-state index is 13.4. The molecular formula is C10H11ClF2. The summed E-state index contributed by atoms with van der Waals surface area (Å²) in [4.78, 5) is 0. The summed E-state index contributed by atoms with van der Waals surface area (Å²) in [5.41, 5.74) is 0.710. The van der Waals surface area contributed by atoms with Gasteiger partial charge in [0.2, 0.25) is 0 Å². The number of benzene rings is 1. The van der Waals surface area contributed by atoms with Gasteiger partial charge in [-0.2, -0.15) is 0 Å². The molecule has 13 heavy (non-hydrogen) atoms. The van der Waals surface area contributed by atoms with Crippen molar-refractivity contribution in [3.8, 4) is 0 Å². The van der Waals surface area contributed by atoms with Crippen LogP contribution in [-0.4, -0.2) is 0 Å². The van der Waals surface area contributed by atoms with E-state index in [1.807, 2.05) is 0 Å². The minimum absolute atomic E-state index is 0.0619. The van der Waals surface area contributed by atoms with Gasteiger partial charge in [-0.15, -0.1) is 0 Å². The van der Waals surface area contributed by atoms with E-state index in [1.165, 1.54) is 0 Å². The molecular weight excluding hydrogens is 194 g/mol. The highest BCUT2D eigenvalue weighted by Gasteiger charge is 2.16. The third-order valence-corrected chi connectivity index (χ3v) is 2.31. The topological polar surface area (TPSA) is 0 Å². The van der Waals surface area contributed by atoms with Gasteiger partial charge in [-0.1, -0.05) is 25.4 Å². The lowest BCUT2D eigenvalue weighted by molar-refractivity contribution is 0.568. The Kier molecular flexibility index (Phi) is 2.91. The van der Waals surface area contributed by atoms with E-state index in [9.17, 15) is 8.78 Å². The Labute approximate surface area is 81.5 Å². The average molecular weight is 205 g/mol. The Morgan fingerprint density at radius 3 is 2.31 bits per heavy atom. The molecule has 0 radical (unpaired) electrons. The molecule has 3 heteroatoms. The molecule has 0 heterocycles. The van der Waals surface area contributed by atoms with Crippen LogP contribution < -0.4 is 0 Å². The molecule has 0 aliphatic rings. The van der Waals surface area contributed by atoms with Crippen LogP contribution in [0.5, 0.6) is 0 Å². The van der Waals surface area contributed by atoms with Crippen molar-refractivity contribution in [1.82, 2.24) is 0 Å². The molecule has 0 bridgehead atoms. The van der Waals surface area contributed by atoms with Crippen LogP contribution in [0.2, 0.25) is 5.02 Å². The molecule has 0 amide bonds. The molecule has 0 atom stereocenters. The number of halogens is 3. The molecule has 0 spiro atoms. The fourth-order valence-corrected chi connectivity index (χ4v) is 1.59. The van der Waals surface area contributed by atoms with Crippen LogP contribution in [0.3, 0.4) is 0 Å². The molecule has 0 saturated heterocycles. The monoisotopic (exact) mass is 204 g/mol. The van der Waals surface area contributed by atoms with Gasteiger partial charge in [-0.3, -0.25) is 0 Å². The van der Waals surface area contributed by atoms with Gasteiger partial charge < -0.3 is 0 Å². The van der Waals surface area contributed by atoms with Crippen molar-refractivity contribution < 1.29 is 8.78 Å². The predicted octanol–water partition coefficient (Wildman–Crippen LogP) is 4.05. The first kappa shape index (κ1) is 10.5. The van der Waals surface area contributed by atoms with Crippen molar-refractivity contribution in [2.45, 2.75) is 26.7 Å². The molecule has 0 N–H and O–H groups in total. The molecule has 0 aliphatic heterocycles. The van der Waals surface area contributed by atoms with Crippen LogP contribution in [-0.2, 0) is 0 Å². The minimum atomic E-state index is -0.504. The highest BCUT2D eigenvalue weighted by molar-refractivity contribution is 6.30. The highest BCUT2D eigenvalue weighted by Crippen LogP contribution is 2.29. The van der Waals surface area contributed by atoms with Crippen molar-refractivity contribution in [3.63, 3.8) is 0 Å². The van der Waals surface area contributed by atoms with Gasteiger partial charge in [-0.25, -0.2) is 8.78 Å². The smallest absolute Gasteiger partial charge is 0.145 e. The standard InChI is InChI=1S/C10H11ClF2/c1-5(2)9-6(3)8(12)4-7(11)10(9)13/h4-5H,1-3H3. The van der Waals surface area contributed by atoms with E-state index in [-0.39, 0.29) is 10.9 Å². The molecule has 0 aliphatic carbocycles. The fraction of sp³-hybridized carbons (Fsp3) is 0.400. The van der Waals surface area contributed by atoms with Gasteiger partial charge in [0, 0.05) is 0 Å². The average Bonchev–Trinajstić information content (AvgIpc) is 2.01. The minimum Gasteiger partial charge on any atom is -0.207 e. The SMILES string of the molecule is Cc1c(F)cc(Cl)c(F)c1C(C)C. The van der Waals surface area contributed by atoms with E-state index in [0.29, 0.717) is 11.1 Å². The second-order valence-electron chi connectivity index (χ2n) is 3.35. The Balaban J connectivity index is 3.46. The molecule has 1 aromatic carbocycles. The summed E-state index contributed by atoms with van der Waals surface area (Å²) in [5, 5.41) is -0.146. The third kappa shape index (κ3) is 1.83. The van der Waals surface area contributed by atoms with E-state index in [0.717, 1.165) is 6.07 Å². The molecule has 72 valence electrons. The lowest BCUT2D eigenvalue weighted by Crippen LogP contribution is -2.00. The molecule has 0 aromatic heterocycles. The lowest BCUT2D eigenvalue weighted by atomic mass is 9.97. The fourth-order valence-electron chi connectivity index (χ4n) is 1.39. The maximum absolute atomic E-state index is 13.4. The molecule has 0 fully saturated rings. The first-order valence-electron chi connectivity index (χ1n) is 4.09. The predicted molar refractivity (Wildman–Crippen MR) is 50.2 cm³/mol. The van der Waals surface area contributed by atoms with E-state index in [1.54, 1.807) is 20.8 Å². The quantitative estimate of drug-likeness (QED) is 0.606. The summed E-state index contributed by atoms with van der Waals surface area (Å²) in [7, 11) is 0. The van der Waals surface area contributed by atoms with Gasteiger partial charge in [0.1, 0.15) is 11.6 Å². The van der Waals surface area contributed by atoms with Gasteiger partial charge in [-0.05, 0) is 30.0 Å². The van der Waals surface area contributed by atoms with Gasteiger partial charge >= 0.3 is 0 Å². The molecule has 1 aromatic rings. The van der Waals surface area contributed by atoms with Gasteiger partial charge in [0.05, 0.1) is 5.02 Å². The Morgan fingerprint density at radius 2 is 1.85 bits per heavy atom. The lowest BCUT2D eigenvalue weighted by Gasteiger charge is -2.12. The Hall–Kier alpha value is -0.630. The van der Waals surface area contributed by atoms with E-state index in [2.05, 4.69) is 0 Å². The number of rotatable bonds is 1. The normalized spacial score (nSPS) is 11.0. The van der Waals surface area contributed by atoms with Crippen molar-refractivity contribution in [1.29, 1.82) is 0 Å². The molecule has 0 unspecified atom stereocenters. The number of hydrogen-bond donors (Lipinski definition) is 0. The van der Waals surface area contributed by atoms with Gasteiger partial charge in [0.15, 0.2) is 0 Å². The van der Waals surface area contributed by atoms with E-state index >= 15 is 0 Å². The summed E-state index contributed by atoms with van der Waals surface area (Å²) in [6.07, 6.45) is 0. The Bertz CT molecular complexity index is 306. The summed E-state index contributed by atoms with van der Waals surface area (Å²) in [6, 6.07) is 1.01. The summed E-state index contributed by atoms with van der Waals surface area (Å²) in [6.45, 7) is 5.17. The van der Waals surface area contributed by atoms with E-state index in [4.69, 9.17) is 11.6 Å². The molecule has 0 saturated carbocycles.